The summed E-state index contributed by atoms with van der Waals surface area (Å²) in [4.78, 5) is 0. The average Bonchev–Trinajstić information content (AvgIpc) is 2.19. The van der Waals surface area contributed by atoms with Crippen molar-refractivity contribution in [3.8, 4) is 0 Å². The molecule has 3 nitrogen and oxygen atoms in total. The Kier molecular flexibility index (Phi) is 4.39. The van der Waals surface area contributed by atoms with Crippen molar-refractivity contribution in [2.75, 3.05) is 13.2 Å². The molecule has 1 fully saturated rings. The highest BCUT2D eigenvalue weighted by Crippen LogP contribution is 2.58. The van der Waals surface area contributed by atoms with Crippen LogP contribution >= 0.6 is 7.60 Å². The van der Waals surface area contributed by atoms with E-state index < -0.39 is 7.60 Å². The molecule has 1 unspecified atom stereocenters. The molecule has 1 atom stereocenters. The highest BCUT2D eigenvalue weighted by molar-refractivity contribution is 7.54. The minimum atomic E-state index is -2.81. The van der Waals surface area contributed by atoms with Crippen LogP contribution in [0.5, 0.6) is 0 Å². The van der Waals surface area contributed by atoms with Crippen LogP contribution in [0.4, 0.5) is 0 Å². The van der Waals surface area contributed by atoms with Gasteiger partial charge >= 0.3 is 7.60 Å². The third-order valence-corrected chi connectivity index (χ3v) is 5.10. The van der Waals surface area contributed by atoms with Crippen molar-refractivity contribution in [3.05, 3.63) is 0 Å². The van der Waals surface area contributed by atoms with Crippen LogP contribution < -0.4 is 0 Å². The Morgan fingerprint density at radius 2 is 1.87 bits per heavy atom. The van der Waals surface area contributed by atoms with Gasteiger partial charge < -0.3 is 9.05 Å². The minimum Gasteiger partial charge on any atom is -0.308 e. The summed E-state index contributed by atoms with van der Waals surface area (Å²) in [5.74, 6) is 0. The smallest absolute Gasteiger partial charge is 0.308 e. The number of hydrogen-bond donors (Lipinski definition) is 0. The molecule has 0 bridgehead atoms. The molecule has 1 heterocycles. The van der Waals surface area contributed by atoms with Crippen LogP contribution in [0.1, 0.15) is 47.0 Å². The van der Waals surface area contributed by atoms with Crippen LogP contribution in [0.15, 0.2) is 0 Å². The Labute approximate surface area is 93.1 Å². The molecule has 1 saturated heterocycles. The summed E-state index contributed by atoms with van der Waals surface area (Å²) in [6, 6.07) is 0. The molecule has 90 valence electrons. The van der Waals surface area contributed by atoms with E-state index in [1.165, 1.54) is 0 Å². The molecule has 1 aliphatic rings. The molecule has 4 heteroatoms. The lowest BCUT2D eigenvalue weighted by molar-refractivity contribution is 0.0381. The Morgan fingerprint density at radius 3 is 2.33 bits per heavy atom. The summed E-state index contributed by atoms with van der Waals surface area (Å²) in [6.07, 6.45) is 3.13. The lowest BCUT2D eigenvalue weighted by atomic mass is 9.97. The molecule has 0 aromatic carbocycles. The van der Waals surface area contributed by atoms with Gasteiger partial charge in [-0.05, 0) is 6.42 Å². The maximum Gasteiger partial charge on any atom is 0.333 e. The SMILES string of the molecule is CCCCC(C)P1(=O)OCC(C)(C)CO1. The quantitative estimate of drug-likeness (QED) is 0.693. The first kappa shape index (κ1) is 13.2. The van der Waals surface area contributed by atoms with Crippen LogP contribution in [-0.2, 0) is 13.6 Å². The van der Waals surface area contributed by atoms with E-state index in [4.69, 9.17) is 9.05 Å². The molecule has 0 N–H and O–H groups in total. The Balaban J connectivity index is 2.50. The first-order valence-electron chi connectivity index (χ1n) is 5.78. The molecule has 0 aromatic heterocycles. The lowest BCUT2D eigenvalue weighted by Crippen LogP contribution is -2.31. The Morgan fingerprint density at radius 1 is 1.33 bits per heavy atom. The van der Waals surface area contributed by atoms with Crippen LogP contribution in [0, 0.1) is 5.41 Å². The van der Waals surface area contributed by atoms with E-state index in [2.05, 4.69) is 20.8 Å². The van der Waals surface area contributed by atoms with Crippen molar-refractivity contribution in [3.63, 3.8) is 0 Å². The van der Waals surface area contributed by atoms with Crippen molar-refractivity contribution in [2.45, 2.75) is 52.6 Å². The summed E-state index contributed by atoms with van der Waals surface area (Å²) in [7, 11) is -2.81. The van der Waals surface area contributed by atoms with Crippen molar-refractivity contribution < 1.29 is 13.6 Å². The van der Waals surface area contributed by atoms with E-state index in [9.17, 15) is 4.57 Å². The third kappa shape index (κ3) is 3.58. The summed E-state index contributed by atoms with van der Waals surface area (Å²) in [5, 5.41) is 0. The van der Waals surface area contributed by atoms with Gasteiger partial charge in [-0.2, -0.15) is 0 Å². The molecule has 0 radical (unpaired) electrons. The van der Waals surface area contributed by atoms with E-state index in [0.717, 1.165) is 19.3 Å². The number of hydrogen-bond acceptors (Lipinski definition) is 3. The summed E-state index contributed by atoms with van der Waals surface area (Å²) in [6.45, 7) is 9.31. The third-order valence-electron chi connectivity index (χ3n) is 2.79. The Hall–Kier alpha value is 0.150. The first-order valence-corrected chi connectivity index (χ1v) is 7.39. The van der Waals surface area contributed by atoms with Gasteiger partial charge in [0.15, 0.2) is 0 Å². The van der Waals surface area contributed by atoms with E-state index in [0.29, 0.717) is 13.2 Å². The standard InChI is InChI=1S/C11H23O3P/c1-5-6-7-10(2)15(12)13-8-11(3,4)9-14-15/h10H,5-9H2,1-4H3. The monoisotopic (exact) mass is 234 g/mol. The zero-order valence-corrected chi connectivity index (χ0v) is 11.2. The number of unbranched alkanes of at least 4 members (excludes halogenated alkanes) is 1. The van der Waals surface area contributed by atoms with Crippen molar-refractivity contribution >= 4 is 7.60 Å². The van der Waals surface area contributed by atoms with Gasteiger partial charge in [-0.25, -0.2) is 0 Å². The predicted molar refractivity (Wildman–Crippen MR) is 62.3 cm³/mol. The molecular formula is C11H23O3P. The topological polar surface area (TPSA) is 35.5 Å². The van der Waals surface area contributed by atoms with Gasteiger partial charge in [0.1, 0.15) is 0 Å². The molecule has 0 amide bonds. The minimum absolute atomic E-state index is 0.00160. The summed E-state index contributed by atoms with van der Waals surface area (Å²) >= 11 is 0. The highest BCUT2D eigenvalue weighted by Gasteiger charge is 2.40. The maximum atomic E-state index is 12.3. The van der Waals surface area contributed by atoms with Crippen molar-refractivity contribution in [1.82, 2.24) is 0 Å². The molecule has 0 saturated carbocycles. The molecule has 1 rings (SSSR count). The van der Waals surface area contributed by atoms with E-state index in [-0.39, 0.29) is 11.1 Å². The normalized spacial score (nSPS) is 26.1. The van der Waals surface area contributed by atoms with Gasteiger partial charge in [-0.3, -0.25) is 4.57 Å². The molecule has 15 heavy (non-hydrogen) atoms. The van der Waals surface area contributed by atoms with E-state index in [1.54, 1.807) is 0 Å². The summed E-state index contributed by atoms with van der Waals surface area (Å²) < 4.78 is 23.2. The van der Waals surface area contributed by atoms with Crippen LogP contribution in [-0.4, -0.2) is 18.9 Å². The number of rotatable bonds is 4. The van der Waals surface area contributed by atoms with Gasteiger partial charge in [-0.15, -0.1) is 0 Å². The van der Waals surface area contributed by atoms with Gasteiger partial charge in [0.2, 0.25) is 0 Å². The maximum absolute atomic E-state index is 12.3. The van der Waals surface area contributed by atoms with Gasteiger partial charge in [0.05, 0.1) is 18.9 Å². The van der Waals surface area contributed by atoms with E-state index >= 15 is 0 Å². The summed E-state index contributed by atoms with van der Waals surface area (Å²) in [5.41, 5.74) is 0.0341. The van der Waals surface area contributed by atoms with Gasteiger partial charge in [0, 0.05) is 5.41 Å². The largest absolute Gasteiger partial charge is 0.333 e. The Bertz CT molecular complexity index is 236. The molecule has 0 spiro atoms. The lowest BCUT2D eigenvalue weighted by Gasteiger charge is -2.36. The fraction of sp³-hybridized carbons (Fsp3) is 1.00. The van der Waals surface area contributed by atoms with Gasteiger partial charge in [0.25, 0.3) is 0 Å². The second-order valence-corrected chi connectivity index (χ2v) is 7.72. The zero-order chi connectivity index (χ0) is 11.5. The van der Waals surface area contributed by atoms with Crippen molar-refractivity contribution in [1.29, 1.82) is 0 Å². The van der Waals surface area contributed by atoms with E-state index in [1.807, 2.05) is 6.92 Å². The van der Waals surface area contributed by atoms with Crippen molar-refractivity contribution in [2.24, 2.45) is 5.41 Å². The van der Waals surface area contributed by atoms with Crippen LogP contribution in [0.25, 0.3) is 0 Å². The second kappa shape index (κ2) is 4.99. The average molecular weight is 234 g/mol. The predicted octanol–water partition coefficient (Wildman–Crippen LogP) is 3.83. The van der Waals surface area contributed by atoms with Crippen LogP contribution in [0.2, 0.25) is 0 Å². The first-order chi connectivity index (χ1) is 6.90. The van der Waals surface area contributed by atoms with Crippen LogP contribution in [0.3, 0.4) is 0 Å². The van der Waals surface area contributed by atoms with Gasteiger partial charge in [-0.1, -0.05) is 40.5 Å². The molecular weight excluding hydrogens is 211 g/mol. The second-order valence-electron chi connectivity index (χ2n) is 5.24. The molecule has 1 aliphatic heterocycles. The zero-order valence-electron chi connectivity index (χ0n) is 10.3. The highest BCUT2D eigenvalue weighted by atomic mass is 31.2. The molecule has 0 aromatic rings. The fourth-order valence-electron chi connectivity index (χ4n) is 1.52. The molecule has 0 aliphatic carbocycles. The fourth-order valence-corrected chi connectivity index (χ4v) is 3.66.